The van der Waals surface area contributed by atoms with Crippen molar-refractivity contribution in [3.05, 3.63) is 52.9 Å². The quantitative estimate of drug-likeness (QED) is 0.535. The molecule has 0 saturated heterocycles. The van der Waals surface area contributed by atoms with Gasteiger partial charge >= 0.3 is 5.97 Å². The third-order valence-electron chi connectivity index (χ3n) is 2.91. The van der Waals surface area contributed by atoms with Crippen LogP contribution in [0.1, 0.15) is 10.4 Å². The molecule has 3 rings (SSSR count). The number of halogens is 1. The number of carbonyl (C=O) groups is 1. The Morgan fingerprint density at radius 3 is 2.95 bits per heavy atom. The van der Waals surface area contributed by atoms with Crippen LogP contribution in [0, 0.1) is 0 Å². The molecule has 5 nitrogen and oxygen atoms in total. The monoisotopic (exact) mass is 331 g/mol. The minimum atomic E-state index is -0.377. The number of imidazole rings is 1. The largest absolute Gasteiger partial charge is 0.465 e. The van der Waals surface area contributed by atoms with Crippen molar-refractivity contribution in [2.45, 2.75) is 0 Å². The van der Waals surface area contributed by atoms with Gasteiger partial charge in [-0.05, 0) is 40.2 Å². The Kier molecular flexibility index (Phi) is 3.23. The Morgan fingerprint density at radius 2 is 2.20 bits per heavy atom. The number of hydrogen-bond acceptors (Lipinski definition) is 4. The molecule has 0 bridgehead atoms. The lowest BCUT2D eigenvalue weighted by molar-refractivity contribution is 0.0600. The molecule has 0 saturated carbocycles. The summed E-state index contributed by atoms with van der Waals surface area (Å²) in [6, 6.07) is 9.06. The van der Waals surface area contributed by atoms with Crippen LogP contribution in [0.25, 0.3) is 17.0 Å². The van der Waals surface area contributed by atoms with E-state index in [-0.39, 0.29) is 5.97 Å². The molecule has 20 heavy (non-hydrogen) atoms. The van der Waals surface area contributed by atoms with Gasteiger partial charge in [0.25, 0.3) is 0 Å². The van der Waals surface area contributed by atoms with Gasteiger partial charge in [-0.2, -0.15) is 0 Å². The van der Waals surface area contributed by atoms with E-state index >= 15 is 0 Å². The van der Waals surface area contributed by atoms with Crippen LogP contribution in [0.3, 0.4) is 0 Å². The van der Waals surface area contributed by atoms with Crippen LogP contribution in [-0.4, -0.2) is 27.4 Å². The summed E-state index contributed by atoms with van der Waals surface area (Å²) < 4.78 is 7.33. The Bertz CT molecular complexity index is 798. The van der Waals surface area contributed by atoms with E-state index in [9.17, 15) is 4.79 Å². The van der Waals surface area contributed by atoms with Crippen LogP contribution in [0.5, 0.6) is 0 Å². The summed E-state index contributed by atoms with van der Waals surface area (Å²) in [5.74, 6) is -0.377. The molecule has 0 unspecified atom stereocenters. The molecule has 3 aromatic rings. The summed E-state index contributed by atoms with van der Waals surface area (Å²) in [7, 11) is 1.36. The summed E-state index contributed by atoms with van der Waals surface area (Å²) in [4.78, 5) is 20.2. The summed E-state index contributed by atoms with van der Waals surface area (Å²) in [5.41, 5.74) is 2.81. The summed E-state index contributed by atoms with van der Waals surface area (Å²) >= 11 is 3.35. The van der Waals surface area contributed by atoms with Gasteiger partial charge < -0.3 is 4.74 Å². The van der Waals surface area contributed by atoms with Crippen LogP contribution in [0.15, 0.2) is 47.3 Å². The zero-order chi connectivity index (χ0) is 14.1. The molecular formula is C14H10BrN3O2. The first-order valence-electron chi connectivity index (χ1n) is 5.87. The van der Waals surface area contributed by atoms with E-state index < -0.39 is 0 Å². The van der Waals surface area contributed by atoms with Crippen molar-refractivity contribution in [3.63, 3.8) is 0 Å². The first-order chi connectivity index (χ1) is 9.69. The molecule has 0 aliphatic heterocycles. The van der Waals surface area contributed by atoms with E-state index in [2.05, 4.69) is 25.9 Å². The molecular weight excluding hydrogens is 322 g/mol. The van der Waals surface area contributed by atoms with Gasteiger partial charge in [0, 0.05) is 6.20 Å². The fraction of sp³-hybridized carbons (Fsp3) is 0.0714. The van der Waals surface area contributed by atoms with Crippen molar-refractivity contribution in [1.82, 2.24) is 14.4 Å². The van der Waals surface area contributed by atoms with Gasteiger partial charge in [0.2, 0.25) is 0 Å². The molecule has 0 aromatic carbocycles. The first-order valence-corrected chi connectivity index (χ1v) is 6.66. The van der Waals surface area contributed by atoms with Crippen LogP contribution in [-0.2, 0) is 4.74 Å². The van der Waals surface area contributed by atoms with Crippen molar-refractivity contribution in [3.8, 4) is 11.4 Å². The number of methoxy groups -OCH3 is 1. The molecule has 3 heterocycles. The lowest BCUT2D eigenvalue weighted by Crippen LogP contribution is -2.02. The number of carbonyl (C=O) groups excluding carboxylic acids is 1. The van der Waals surface area contributed by atoms with Gasteiger partial charge in [-0.25, -0.2) is 14.8 Å². The summed E-state index contributed by atoms with van der Waals surface area (Å²) in [6.07, 6.45) is 3.51. The van der Waals surface area contributed by atoms with E-state index in [0.29, 0.717) is 11.2 Å². The SMILES string of the molecule is COC(=O)c1ccn2c(-c3cccc(Br)n3)cnc2c1. The normalized spacial score (nSPS) is 10.7. The number of fused-ring (bicyclic) bond motifs is 1. The predicted molar refractivity (Wildman–Crippen MR) is 77.5 cm³/mol. The van der Waals surface area contributed by atoms with Gasteiger partial charge in [-0.1, -0.05) is 6.07 Å². The molecule has 0 N–H and O–H groups in total. The van der Waals surface area contributed by atoms with Crippen LogP contribution >= 0.6 is 15.9 Å². The van der Waals surface area contributed by atoms with Crippen molar-refractivity contribution in [1.29, 1.82) is 0 Å². The average Bonchev–Trinajstić information content (AvgIpc) is 2.89. The molecule has 0 radical (unpaired) electrons. The average molecular weight is 332 g/mol. The topological polar surface area (TPSA) is 56.5 Å². The summed E-state index contributed by atoms with van der Waals surface area (Å²) in [6.45, 7) is 0. The highest BCUT2D eigenvalue weighted by Gasteiger charge is 2.11. The minimum Gasteiger partial charge on any atom is -0.465 e. The van der Waals surface area contributed by atoms with E-state index in [1.165, 1.54) is 7.11 Å². The molecule has 100 valence electrons. The van der Waals surface area contributed by atoms with Crippen molar-refractivity contribution in [2.75, 3.05) is 7.11 Å². The van der Waals surface area contributed by atoms with Gasteiger partial charge in [-0.15, -0.1) is 0 Å². The third-order valence-corrected chi connectivity index (χ3v) is 3.35. The standard InChI is InChI=1S/C14H10BrN3O2/c1-20-14(19)9-5-6-18-11(8-16-13(18)7-9)10-3-2-4-12(15)17-10/h2-8H,1H3. The zero-order valence-corrected chi connectivity index (χ0v) is 12.2. The number of rotatable bonds is 2. The van der Waals surface area contributed by atoms with Crippen molar-refractivity contribution in [2.24, 2.45) is 0 Å². The Morgan fingerprint density at radius 1 is 1.35 bits per heavy atom. The van der Waals surface area contributed by atoms with E-state index in [1.54, 1.807) is 24.5 Å². The molecule has 6 heteroatoms. The molecule has 0 aliphatic rings. The predicted octanol–water partition coefficient (Wildman–Crippen LogP) is 2.95. The maximum atomic E-state index is 11.5. The van der Waals surface area contributed by atoms with Crippen LogP contribution in [0.4, 0.5) is 0 Å². The number of ether oxygens (including phenoxy) is 1. The number of hydrogen-bond donors (Lipinski definition) is 0. The second-order valence-electron chi connectivity index (χ2n) is 4.12. The fourth-order valence-electron chi connectivity index (χ4n) is 1.97. The van der Waals surface area contributed by atoms with Crippen molar-refractivity contribution >= 4 is 27.5 Å². The molecule has 3 aromatic heterocycles. The maximum absolute atomic E-state index is 11.5. The van der Waals surface area contributed by atoms with Gasteiger partial charge in [0.1, 0.15) is 10.3 Å². The van der Waals surface area contributed by atoms with Crippen LogP contribution < -0.4 is 0 Å². The Hall–Kier alpha value is -2.21. The highest BCUT2D eigenvalue weighted by atomic mass is 79.9. The molecule has 0 atom stereocenters. The number of nitrogens with zero attached hydrogens (tertiary/aromatic N) is 3. The molecule has 0 aliphatic carbocycles. The highest BCUT2D eigenvalue weighted by molar-refractivity contribution is 9.10. The fourth-order valence-corrected chi connectivity index (χ4v) is 2.31. The Labute approximate surface area is 123 Å². The minimum absolute atomic E-state index is 0.377. The molecule has 0 spiro atoms. The smallest absolute Gasteiger partial charge is 0.338 e. The van der Waals surface area contributed by atoms with Crippen LogP contribution in [0.2, 0.25) is 0 Å². The Balaban J connectivity index is 2.13. The van der Waals surface area contributed by atoms with E-state index in [0.717, 1.165) is 16.0 Å². The van der Waals surface area contributed by atoms with Gasteiger partial charge in [0.15, 0.2) is 0 Å². The van der Waals surface area contributed by atoms with Gasteiger partial charge in [0.05, 0.1) is 30.3 Å². The second kappa shape index (κ2) is 5.05. The lowest BCUT2D eigenvalue weighted by atomic mass is 10.2. The lowest BCUT2D eigenvalue weighted by Gasteiger charge is -2.03. The number of aromatic nitrogens is 3. The number of pyridine rings is 2. The van der Waals surface area contributed by atoms with Gasteiger partial charge in [-0.3, -0.25) is 4.40 Å². The second-order valence-corrected chi connectivity index (χ2v) is 4.94. The first kappa shape index (κ1) is 12.8. The number of esters is 1. The molecule has 0 amide bonds. The van der Waals surface area contributed by atoms with E-state index in [1.807, 2.05) is 22.6 Å². The molecule has 0 fully saturated rings. The zero-order valence-electron chi connectivity index (χ0n) is 10.6. The van der Waals surface area contributed by atoms with E-state index in [4.69, 9.17) is 4.74 Å². The highest BCUT2D eigenvalue weighted by Crippen LogP contribution is 2.21. The summed E-state index contributed by atoms with van der Waals surface area (Å²) in [5, 5.41) is 0. The third kappa shape index (κ3) is 2.18. The maximum Gasteiger partial charge on any atom is 0.338 e. The van der Waals surface area contributed by atoms with Crippen molar-refractivity contribution < 1.29 is 9.53 Å².